The minimum absolute atomic E-state index is 0.375. The first kappa shape index (κ1) is 15.0. The largest absolute Gasteiger partial charge is 0.327 e. The van der Waals surface area contributed by atoms with Crippen molar-refractivity contribution < 1.29 is 0 Å². The van der Waals surface area contributed by atoms with E-state index in [0.717, 1.165) is 24.9 Å². The van der Waals surface area contributed by atoms with E-state index in [4.69, 9.17) is 5.73 Å². The fourth-order valence-electron chi connectivity index (χ4n) is 2.95. The molecule has 1 fully saturated rings. The maximum atomic E-state index is 6.19. The highest BCUT2D eigenvalue weighted by Gasteiger charge is 2.41. The lowest BCUT2D eigenvalue weighted by molar-refractivity contribution is 0.0536. The van der Waals surface area contributed by atoms with Crippen LogP contribution in [0.4, 0.5) is 0 Å². The van der Waals surface area contributed by atoms with Gasteiger partial charge in [-0.2, -0.15) is 0 Å². The van der Waals surface area contributed by atoms with Gasteiger partial charge in [-0.25, -0.2) is 0 Å². The van der Waals surface area contributed by atoms with Crippen LogP contribution in [-0.2, 0) is 0 Å². The lowest BCUT2D eigenvalue weighted by Crippen LogP contribution is -2.49. The molecule has 0 radical (unpaired) electrons. The molecule has 0 aromatic rings. The van der Waals surface area contributed by atoms with Crippen molar-refractivity contribution in [2.24, 2.45) is 28.9 Å². The molecule has 1 aliphatic rings. The summed E-state index contributed by atoms with van der Waals surface area (Å²) in [6, 6.07) is 0.399. The van der Waals surface area contributed by atoms with Crippen LogP contribution in [-0.4, -0.2) is 19.1 Å². The van der Waals surface area contributed by atoms with Gasteiger partial charge in [0.2, 0.25) is 0 Å². The molecule has 3 N–H and O–H groups in total. The van der Waals surface area contributed by atoms with E-state index >= 15 is 0 Å². The third-order valence-electron chi connectivity index (χ3n) is 5.30. The van der Waals surface area contributed by atoms with Crippen LogP contribution in [0.2, 0.25) is 0 Å². The quantitative estimate of drug-likeness (QED) is 0.775. The average Bonchev–Trinajstić information content (AvgIpc) is 2.29. The zero-order valence-electron chi connectivity index (χ0n) is 12.4. The molecule has 0 aromatic carbocycles. The van der Waals surface area contributed by atoms with E-state index in [1.165, 1.54) is 19.3 Å². The molecule has 0 heterocycles. The van der Waals surface area contributed by atoms with Crippen LogP contribution in [0.5, 0.6) is 0 Å². The van der Waals surface area contributed by atoms with Gasteiger partial charge in [0, 0.05) is 6.04 Å². The van der Waals surface area contributed by atoms with Gasteiger partial charge in [-0.15, -0.1) is 0 Å². The van der Waals surface area contributed by atoms with Crippen molar-refractivity contribution in [3.05, 3.63) is 0 Å². The average molecular weight is 240 g/mol. The summed E-state index contributed by atoms with van der Waals surface area (Å²) in [5.41, 5.74) is 6.57. The highest BCUT2D eigenvalue weighted by atomic mass is 14.9. The molecule has 0 bridgehead atoms. The summed E-state index contributed by atoms with van der Waals surface area (Å²) in [6.45, 7) is 14.0. The second-order valence-electron chi connectivity index (χ2n) is 6.72. The van der Waals surface area contributed by atoms with E-state index in [0.29, 0.717) is 17.4 Å². The predicted octanol–water partition coefficient (Wildman–Crippen LogP) is 3.02. The predicted molar refractivity (Wildman–Crippen MR) is 76.0 cm³/mol. The SMILES string of the molecule is CCC(C)CNCC1CCC(N)C(C)C1(C)C. The van der Waals surface area contributed by atoms with E-state index in [-0.39, 0.29) is 0 Å². The minimum Gasteiger partial charge on any atom is -0.327 e. The molecule has 102 valence electrons. The first-order chi connectivity index (χ1) is 7.89. The zero-order valence-corrected chi connectivity index (χ0v) is 12.4. The maximum absolute atomic E-state index is 6.19. The number of hydrogen-bond donors (Lipinski definition) is 2. The summed E-state index contributed by atoms with van der Waals surface area (Å²) in [7, 11) is 0. The van der Waals surface area contributed by atoms with Gasteiger partial charge in [-0.3, -0.25) is 0 Å². The zero-order chi connectivity index (χ0) is 13.1. The lowest BCUT2D eigenvalue weighted by Gasteiger charge is -2.47. The third-order valence-corrected chi connectivity index (χ3v) is 5.30. The number of rotatable bonds is 5. The molecule has 1 aliphatic carbocycles. The van der Waals surface area contributed by atoms with Crippen LogP contribution >= 0.6 is 0 Å². The van der Waals surface area contributed by atoms with Gasteiger partial charge in [0.25, 0.3) is 0 Å². The van der Waals surface area contributed by atoms with Crippen molar-refractivity contribution in [2.45, 2.75) is 59.9 Å². The molecule has 2 nitrogen and oxygen atoms in total. The molecule has 17 heavy (non-hydrogen) atoms. The van der Waals surface area contributed by atoms with Crippen molar-refractivity contribution in [1.29, 1.82) is 0 Å². The van der Waals surface area contributed by atoms with E-state index < -0.39 is 0 Å². The van der Waals surface area contributed by atoms with Crippen molar-refractivity contribution in [1.82, 2.24) is 5.32 Å². The molecule has 2 heteroatoms. The van der Waals surface area contributed by atoms with Crippen LogP contribution in [0.3, 0.4) is 0 Å². The number of hydrogen-bond acceptors (Lipinski definition) is 2. The normalized spacial score (nSPS) is 34.6. The Morgan fingerprint density at radius 3 is 2.59 bits per heavy atom. The molecular formula is C15H32N2. The molecule has 0 aliphatic heterocycles. The summed E-state index contributed by atoms with van der Waals surface area (Å²) in [6.07, 6.45) is 3.74. The van der Waals surface area contributed by atoms with Gasteiger partial charge in [-0.05, 0) is 49.1 Å². The standard InChI is InChI=1S/C15H32N2/c1-6-11(2)9-17-10-13-7-8-14(16)12(3)15(13,4)5/h11-14,17H,6-10,16H2,1-5H3. The highest BCUT2D eigenvalue weighted by molar-refractivity contribution is 4.94. The first-order valence-corrected chi connectivity index (χ1v) is 7.35. The maximum Gasteiger partial charge on any atom is 0.00698 e. The monoisotopic (exact) mass is 240 g/mol. The van der Waals surface area contributed by atoms with Crippen molar-refractivity contribution in [2.75, 3.05) is 13.1 Å². The van der Waals surface area contributed by atoms with Gasteiger partial charge < -0.3 is 11.1 Å². The Morgan fingerprint density at radius 2 is 2.00 bits per heavy atom. The van der Waals surface area contributed by atoms with Crippen LogP contribution < -0.4 is 11.1 Å². The smallest absolute Gasteiger partial charge is 0.00698 e. The lowest BCUT2D eigenvalue weighted by atomic mass is 9.61. The van der Waals surface area contributed by atoms with Crippen LogP contribution in [0.25, 0.3) is 0 Å². The van der Waals surface area contributed by atoms with E-state index in [1.54, 1.807) is 0 Å². The number of nitrogens with two attached hydrogens (primary N) is 1. The van der Waals surface area contributed by atoms with Crippen LogP contribution in [0.15, 0.2) is 0 Å². The Bertz CT molecular complexity index is 225. The Labute approximate surface area is 108 Å². The summed E-state index contributed by atoms with van der Waals surface area (Å²) in [5.74, 6) is 2.20. The Hall–Kier alpha value is -0.0800. The molecule has 0 spiro atoms. The summed E-state index contributed by atoms with van der Waals surface area (Å²) >= 11 is 0. The van der Waals surface area contributed by atoms with Crippen molar-refractivity contribution >= 4 is 0 Å². The Balaban J connectivity index is 2.43. The second-order valence-corrected chi connectivity index (χ2v) is 6.72. The molecule has 4 unspecified atom stereocenters. The van der Waals surface area contributed by atoms with E-state index in [9.17, 15) is 0 Å². The molecule has 1 rings (SSSR count). The Morgan fingerprint density at radius 1 is 1.35 bits per heavy atom. The van der Waals surface area contributed by atoms with Crippen LogP contribution in [0.1, 0.15) is 53.9 Å². The topological polar surface area (TPSA) is 38.0 Å². The van der Waals surface area contributed by atoms with Gasteiger partial charge in [0.15, 0.2) is 0 Å². The van der Waals surface area contributed by atoms with Crippen LogP contribution in [0, 0.1) is 23.2 Å². The van der Waals surface area contributed by atoms with Crippen molar-refractivity contribution in [3.63, 3.8) is 0 Å². The molecular weight excluding hydrogens is 208 g/mol. The highest BCUT2D eigenvalue weighted by Crippen LogP contribution is 2.43. The first-order valence-electron chi connectivity index (χ1n) is 7.35. The van der Waals surface area contributed by atoms with Gasteiger partial charge in [0.05, 0.1) is 0 Å². The minimum atomic E-state index is 0.375. The molecule has 1 saturated carbocycles. The van der Waals surface area contributed by atoms with Gasteiger partial charge >= 0.3 is 0 Å². The van der Waals surface area contributed by atoms with E-state index in [1.807, 2.05) is 0 Å². The summed E-state index contributed by atoms with van der Waals surface area (Å²) in [4.78, 5) is 0. The molecule has 0 saturated heterocycles. The van der Waals surface area contributed by atoms with Crippen molar-refractivity contribution in [3.8, 4) is 0 Å². The number of nitrogens with one attached hydrogen (secondary N) is 1. The molecule has 0 aromatic heterocycles. The fourth-order valence-corrected chi connectivity index (χ4v) is 2.95. The summed E-state index contributed by atoms with van der Waals surface area (Å²) in [5, 5.41) is 3.66. The third kappa shape index (κ3) is 3.69. The van der Waals surface area contributed by atoms with Gasteiger partial charge in [-0.1, -0.05) is 41.0 Å². The second kappa shape index (κ2) is 6.19. The fraction of sp³-hybridized carbons (Fsp3) is 1.00. The Kier molecular flexibility index (Phi) is 5.46. The van der Waals surface area contributed by atoms with Gasteiger partial charge in [0.1, 0.15) is 0 Å². The summed E-state index contributed by atoms with van der Waals surface area (Å²) < 4.78 is 0. The van der Waals surface area contributed by atoms with E-state index in [2.05, 4.69) is 39.9 Å². The molecule has 0 amide bonds. The molecule has 4 atom stereocenters.